The van der Waals surface area contributed by atoms with Crippen LogP contribution in [0.25, 0.3) is 10.9 Å². The van der Waals surface area contributed by atoms with Crippen LogP contribution in [0, 0.1) is 17.7 Å². The van der Waals surface area contributed by atoms with Crippen LogP contribution in [0.3, 0.4) is 0 Å². The zero-order valence-electron chi connectivity index (χ0n) is 17.1. The number of hydrogen-bond donors (Lipinski definition) is 3. The predicted molar refractivity (Wildman–Crippen MR) is 107 cm³/mol. The van der Waals surface area contributed by atoms with Crippen molar-refractivity contribution in [3.63, 3.8) is 0 Å². The van der Waals surface area contributed by atoms with Gasteiger partial charge in [0.2, 0.25) is 0 Å². The summed E-state index contributed by atoms with van der Waals surface area (Å²) in [5.74, 6) is -5.32. The lowest BCUT2D eigenvalue weighted by Crippen LogP contribution is -2.42. The number of ether oxygens (including phenoxy) is 1. The van der Waals surface area contributed by atoms with Gasteiger partial charge < -0.3 is 20.5 Å². The quantitative estimate of drug-likeness (QED) is 0.604. The molecule has 0 radical (unpaired) electrons. The van der Waals surface area contributed by atoms with Gasteiger partial charge in [-0.25, -0.2) is 9.18 Å². The van der Waals surface area contributed by atoms with E-state index in [1.54, 1.807) is 0 Å². The van der Waals surface area contributed by atoms with Crippen molar-refractivity contribution < 1.29 is 27.4 Å². The van der Waals surface area contributed by atoms with E-state index >= 15 is 4.39 Å². The van der Waals surface area contributed by atoms with Crippen LogP contribution < -0.4 is 26.6 Å². The fraction of sp³-hybridized carbons (Fsp3) is 0.600. The fourth-order valence-electron chi connectivity index (χ4n) is 5.00. The van der Waals surface area contributed by atoms with Crippen molar-refractivity contribution in [2.24, 2.45) is 17.6 Å². The van der Waals surface area contributed by atoms with Gasteiger partial charge in [-0.3, -0.25) is 14.3 Å². The Morgan fingerprint density at radius 1 is 1.22 bits per heavy atom. The Kier molecular flexibility index (Phi) is 4.37. The van der Waals surface area contributed by atoms with E-state index < -0.39 is 64.0 Å². The van der Waals surface area contributed by atoms with Crippen molar-refractivity contribution in [3.05, 3.63) is 26.7 Å². The molecule has 4 N–H and O–H groups in total. The van der Waals surface area contributed by atoms with E-state index in [0.717, 1.165) is 4.90 Å². The van der Waals surface area contributed by atoms with Crippen LogP contribution >= 0.6 is 0 Å². The number of aromatic hydroxyl groups is 1. The Labute approximate surface area is 178 Å². The third kappa shape index (κ3) is 2.99. The average Bonchev–Trinajstić information content (AvgIpc) is 3.62. The molecule has 174 valence electrons. The predicted octanol–water partition coefficient (Wildman–Crippen LogP) is 1.98. The molecule has 1 aromatic heterocycles. The zero-order valence-corrected chi connectivity index (χ0v) is 17.1. The number of anilines is 1. The summed E-state index contributed by atoms with van der Waals surface area (Å²) in [6, 6.07) is -0.290. The smallest absolute Gasteiger partial charge is 0.393 e. The molecule has 0 spiro atoms. The van der Waals surface area contributed by atoms with Crippen molar-refractivity contribution in [2.75, 3.05) is 25.1 Å². The molecule has 2 saturated carbocycles. The Morgan fingerprint density at radius 3 is 2.41 bits per heavy atom. The fourth-order valence-corrected chi connectivity index (χ4v) is 5.00. The Morgan fingerprint density at radius 2 is 1.88 bits per heavy atom. The van der Waals surface area contributed by atoms with Gasteiger partial charge in [-0.1, -0.05) is 0 Å². The van der Waals surface area contributed by atoms with Crippen molar-refractivity contribution in [1.82, 2.24) is 9.55 Å². The monoisotopic (exact) mass is 458 g/mol. The SMILES string of the molecule is COc1c(N2CC(C(F)(F)F)C(C3(N)CC3)C2)c(F)c(O)c2c(=O)[nH]c(=O)n(C3CC3)c12. The molecular weight excluding hydrogens is 436 g/mol. The summed E-state index contributed by atoms with van der Waals surface area (Å²) in [4.78, 5) is 28.1. The number of fused-ring (bicyclic) bond motifs is 1. The van der Waals surface area contributed by atoms with Gasteiger partial charge in [0.25, 0.3) is 5.56 Å². The van der Waals surface area contributed by atoms with E-state index in [4.69, 9.17) is 10.5 Å². The molecule has 2 heterocycles. The molecule has 0 amide bonds. The number of nitrogens with one attached hydrogen (secondary N) is 1. The van der Waals surface area contributed by atoms with Crippen LogP contribution in [0.5, 0.6) is 11.5 Å². The molecule has 5 rings (SSSR count). The number of nitrogens with two attached hydrogens (primary N) is 1. The number of halogens is 4. The number of hydrogen-bond acceptors (Lipinski definition) is 6. The minimum atomic E-state index is -4.55. The summed E-state index contributed by atoms with van der Waals surface area (Å²) in [6.45, 7) is -0.780. The first kappa shape index (κ1) is 21.1. The Bertz CT molecular complexity index is 1220. The van der Waals surface area contributed by atoms with Crippen molar-refractivity contribution >= 4 is 16.6 Å². The molecule has 12 heteroatoms. The van der Waals surface area contributed by atoms with E-state index in [-0.39, 0.29) is 23.9 Å². The standard InChI is InChI=1S/C20H22F4N4O4/c1-32-16-13-11(17(30)26-18(31)28(13)8-2-3-8)15(29)12(21)14(16)27-6-9(19(25)4-5-19)10(7-27)20(22,23)24/h8-10,29H,2-7,25H2,1H3,(H,26,30,31). The second-order valence-electron chi connectivity index (χ2n) is 9.02. The molecule has 3 aliphatic rings. The lowest BCUT2D eigenvalue weighted by atomic mass is 9.87. The number of methoxy groups -OCH3 is 1. The number of alkyl halides is 3. The highest BCUT2D eigenvalue weighted by molar-refractivity contribution is 5.96. The van der Waals surface area contributed by atoms with Crippen molar-refractivity contribution in [3.8, 4) is 11.5 Å². The normalized spacial score (nSPS) is 24.9. The van der Waals surface area contributed by atoms with Gasteiger partial charge in [0, 0.05) is 30.6 Å². The molecule has 1 aliphatic heterocycles. The first-order valence-corrected chi connectivity index (χ1v) is 10.4. The highest BCUT2D eigenvalue weighted by Gasteiger charge is 2.60. The summed E-state index contributed by atoms with van der Waals surface area (Å²) in [7, 11) is 1.18. The summed E-state index contributed by atoms with van der Waals surface area (Å²) >= 11 is 0. The van der Waals surface area contributed by atoms with Gasteiger partial charge in [0.05, 0.1) is 13.0 Å². The van der Waals surface area contributed by atoms with Crippen LogP contribution in [-0.2, 0) is 0 Å². The number of phenolic OH excluding ortho intramolecular Hbond substituents is 1. The lowest BCUT2D eigenvalue weighted by molar-refractivity contribution is -0.181. The summed E-state index contributed by atoms with van der Waals surface area (Å²) in [5, 5.41) is 10.1. The second kappa shape index (κ2) is 6.63. The number of rotatable bonds is 4. The van der Waals surface area contributed by atoms with E-state index in [1.807, 2.05) is 0 Å². The van der Waals surface area contributed by atoms with Gasteiger partial charge in [0.1, 0.15) is 16.6 Å². The molecule has 32 heavy (non-hydrogen) atoms. The van der Waals surface area contributed by atoms with Crippen LogP contribution in [-0.4, -0.2) is 46.6 Å². The second-order valence-corrected chi connectivity index (χ2v) is 9.02. The molecule has 2 aliphatic carbocycles. The average molecular weight is 458 g/mol. The van der Waals surface area contributed by atoms with Crippen LogP contribution in [0.4, 0.5) is 23.2 Å². The summed E-state index contributed by atoms with van der Waals surface area (Å²) < 4.78 is 63.4. The van der Waals surface area contributed by atoms with Gasteiger partial charge in [-0.2, -0.15) is 13.2 Å². The number of aromatic amines is 1. The maximum absolute atomic E-state index is 15.4. The van der Waals surface area contributed by atoms with Crippen LogP contribution in [0.2, 0.25) is 0 Å². The number of phenols is 1. The third-order valence-corrected chi connectivity index (χ3v) is 6.97. The van der Waals surface area contributed by atoms with Gasteiger partial charge in [-0.05, 0) is 25.7 Å². The summed E-state index contributed by atoms with van der Waals surface area (Å²) in [5.41, 5.74) is 2.85. The molecule has 0 bridgehead atoms. The van der Waals surface area contributed by atoms with Crippen LogP contribution in [0.15, 0.2) is 9.59 Å². The summed E-state index contributed by atoms with van der Waals surface area (Å²) in [6.07, 6.45) is -2.43. The molecule has 2 unspecified atom stereocenters. The van der Waals surface area contributed by atoms with Gasteiger partial charge in [0.15, 0.2) is 17.3 Å². The first-order chi connectivity index (χ1) is 15.0. The topological polar surface area (TPSA) is 114 Å². The number of H-pyrrole nitrogens is 1. The lowest BCUT2D eigenvalue weighted by Gasteiger charge is -2.26. The number of aromatic nitrogens is 2. The first-order valence-electron chi connectivity index (χ1n) is 10.4. The highest BCUT2D eigenvalue weighted by Crippen LogP contribution is 2.54. The van der Waals surface area contributed by atoms with Crippen molar-refractivity contribution in [1.29, 1.82) is 0 Å². The van der Waals surface area contributed by atoms with E-state index in [2.05, 4.69) is 4.98 Å². The number of benzene rings is 1. The van der Waals surface area contributed by atoms with Gasteiger partial charge >= 0.3 is 11.9 Å². The highest BCUT2D eigenvalue weighted by atomic mass is 19.4. The zero-order chi connectivity index (χ0) is 23.2. The minimum absolute atomic E-state index is 0.126. The van der Waals surface area contributed by atoms with Crippen molar-refractivity contribution in [2.45, 2.75) is 43.4 Å². The molecule has 1 saturated heterocycles. The van der Waals surface area contributed by atoms with E-state index in [9.17, 15) is 27.9 Å². The number of nitrogens with zero attached hydrogens (tertiary/aromatic N) is 2. The third-order valence-electron chi connectivity index (χ3n) is 6.97. The molecule has 2 aromatic rings. The molecule has 8 nitrogen and oxygen atoms in total. The van der Waals surface area contributed by atoms with Crippen LogP contribution in [0.1, 0.15) is 31.7 Å². The Balaban J connectivity index is 1.75. The molecule has 2 atom stereocenters. The van der Waals surface area contributed by atoms with E-state index in [1.165, 1.54) is 11.7 Å². The molecule has 1 aromatic carbocycles. The molecular formula is C20H22F4N4O4. The van der Waals surface area contributed by atoms with E-state index in [0.29, 0.717) is 25.7 Å². The maximum Gasteiger partial charge on any atom is 0.393 e. The minimum Gasteiger partial charge on any atom is -0.504 e. The largest absolute Gasteiger partial charge is 0.504 e. The van der Waals surface area contributed by atoms with Gasteiger partial charge in [-0.15, -0.1) is 0 Å². The molecule has 3 fully saturated rings. The maximum atomic E-state index is 15.4. The Hall–Kier alpha value is -2.76.